The molecule has 0 saturated heterocycles. The van der Waals surface area contributed by atoms with Crippen LogP contribution in [-0.2, 0) is 14.3 Å². The zero-order valence-corrected chi connectivity index (χ0v) is 12.2. The first-order valence-electron chi connectivity index (χ1n) is 5.06. The molecule has 0 heterocycles. The summed E-state index contributed by atoms with van der Waals surface area (Å²) in [6.45, 7) is 5.63. The molecule has 0 aliphatic heterocycles. The molecule has 5 heteroatoms. The molecule has 1 atom stereocenters. The second kappa shape index (κ2) is 5.80. The lowest BCUT2D eigenvalue weighted by molar-refractivity contribution is 0.216. The van der Waals surface area contributed by atoms with E-state index in [1.54, 1.807) is 0 Å². The van der Waals surface area contributed by atoms with Crippen LogP contribution in [0.4, 0.5) is 0 Å². The molecule has 0 aliphatic rings. The molecule has 94 valence electrons. The minimum Gasteiger partial charge on any atom is -0.262 e. The van der Waals surface area contributed by atoms with Gasteiger partial charge < -0.3 is 0 Å². The van der Waals surface area contributed by atoms with E-state index in [1.165, 1.54) is 0 Å². The van der Waals surface area contributed by atoms with E-state index in [2.05, 4.69) is 22.5 Å². The van der Waals surface area contributed by atoms with Crippen molar-refractivity contribution in [2.45, 2.75) is 19.4 Å². The Morgan fingerprint density at radius 3 is 2.65 bits per heavy atom. The Balaban J connectivity index is 3.01. The molecule has 0 spiro atoms. The number of halogens is 1. The summed E-state index contributed by atoms with van der Waals surface area (Å²) in [7, 11) is -3.49. The third kappa shape index (κ3) is 5.48. The molecule has 0 radical (unpaired) electrons. The predicted octanol–water partition coefficient (Wildman–Crippen LogP) is 3.43. The third-order valence-electron chi connectivity index (χ3n) is 2.05. The summed E-state index contributed by atoms with van der Waals surface area (Å²) in [5.41, 5.74) is 1.69. The van der Waals surface area contributed by atoms with Crippen molar-refractivity contribution in [1.82, 2.24) is 0 Å². The van der Waals surface area contributed by atoms with Crippen LogP contribution in [0.25, 0.3) is 0 Å². The van der Waals surface area contributed by atoms with Crippen LogP contribution >= 0.6 is 15.9 Å². The molecule has 0 aliphatic carbocycles. The second-order valence-electron chi connectivity index (χ2n) is 4.01. The Kier molecular flexibility index (Phi) is 4.91. The average molecular weight is 319 g/mol. The highest BCUT2D eigenvalue weighted by Crippen LogP contribution is 2.27. The lowest BCUT2D eigenvalue weighted by Gasteiger charge is -2.17. The van der Waals surface area contributed by atoms with Crippen LogP contribution < -0.4 is 0 Å². The lowest BCUT2D eigenvalue weighted by Crippen LogP contribution is -2.11. The van der Waals surface area contributed by atoms with Crippen molar-refractivity contribution < 1.29 is 12.6 Å². The van der Waals surface area contributed by atoms with Crippen molar-refractivity contribution in [3.05, 3.63) is 46.5 Å². The van der Waals surface area contributed by atoms with Crippen molar-refractivity contribution in [3.63, 3.8) is 0 Å². The Morgan fingerprint density at radius 1 is 1.53 bits per heavy atom. The summed E-state index contributed by atoms with van der Waals surface area (Å²) in [5.74, 6) is 0. The topological polar surface area (TPSA) is 43.4 Å². The third-order valence-corrected chi connectivity index (χ3v) is 3.12. The van der Waals surface area contributed by atoms with Crippen LogP contribution in [0, 0.1) is 0 Å². The molecule has 0 aromatic heterocycles. The largest absolute Gasteiger partial charge is 0.264 e. The molecule has 0 amide bonds. The molecular weight excluding hydrogens is 304 g/mol. The number of benzene rings is 1. The molecule has 0 bridgehead atoms. The van der Waals surface area contributed by atoms with E-state index in [0.717, 1.165) is 21.9 Å². The van der Waals surface area contributed by atoms with Gasteiger partial charge in [0.15, 0.2) is 0 Å². The van der Waals surface area contributed by atoms with Crippen LogP contribution in [0.2, 0.25) is 0 Å². The van der Waals surface area contributed by atoms with Gasteiger partial charge in [-0.15, -0.1) is 6.58 Å². The number of hydrogen-bond donors (Lipinski definition) is 0. The molecule has 0 N–H and O–H groups in total. The Labute approximate surface area is 111 Å². The summed E-state index contributed by atoms with van der Waals surface area (Å²) >= 11 is 3.35. The van der Waals surface area contributed by atoms with Gasteiger partial charge in [0.25, 0.3) is 10.1 Å². The standard InChI is InChI=1S/C12H15BrO3S/c1-9(2)7-12(16-17(3,14)15)10-5-4-6-11(13)8-10/h4-6,8,12H,1,7H2,2-3H3. The van der Waals surface area contributed by atoms with Crippen molar-refractivity contribution in [2.24, 2.45) is 0 Å². The van der Waals surface area contributed by atoms with Gasteiger partial charge in [-0.2, -0.15) is 8.42 Å². The summed E-state index contributed by atoms with van der Waals surface area (Å²) in [5, 5.41) is 0. The molecule has 1 rings (SSSR count). The molecule has 0 saturated carbocycles. The fourth-order valence-corrected chi connectivity index (χ4v) is 2.46. The van der Waals surface area contributed by atoms with Crippen LogP contribution in [0.1, 0.15) is 25.0 Å². The molecule has 1 unspecified atom stereocenters. The fourth-order valence-electron chi connectivity index (χ4n) is 1.44. The van der Waals surface area contributed by atoms with Crippen LogP contribution in [0.15, 0.2) is 40.9 Å². The second-order valence-corrected chi connectivity index (χ2v) is 6.52. The fraction of sp³-hybridized carbons (Fsp3) is 0.333. The van der Waals surface area contributed by atoms with Gasteiger partial charge in [0.05, 0.1) is 6.26 Å². The molecule has 17 heavy (non-hydrogen) atoms. The highest BCUT2D eigenvalue weighted by molar-refractivity contribution is 9.10. The van der Waals surface area contributed by atoms with Gasteiger partial charge in [-0.05, 0) is 31.0 Å². The molecule has 1 aromatic carbocycles. The van der Waals surface area contributed by atoms with Gasteiger partial charge >= 0.3 is 0 Å². The molecule has 0 fully saturated rings. The molecule has 1 aromatic rings. The smallest absolute Gasteiger partial charge is 0.262 e. The highest BCUT2D eigenvalue weighted by Gasteiger charge is 2.18. The number of rotatable bonds is 5. The monoisotopic (exact) mass is 318 g/mol. The van der Waals surface area contributed by atoms with Gasteiger partial charge in [0.2, 0.25) is 0 Å². The zero-order valence-electron chi connectivity index (χ0n) is 9.81. The average Bonchev–Trinajstić information content (AvgIpc) is 2.13. The first-order chi connectivity index (χ1) is 7.78. The Bertz CT molecular complexity index is 508. The lowest BCUT2D eigenvalue weighted by atomic mass is 10.0. The van der Waals surface area contributed by atoms with E-state index in [4.69, 9.17) is 4.18 Å². The molecular formula is C12H15BrO3S. The van der Waals surface area contributed by atoms with E-state index in [1.807, 2.05) is 31.2 Å². The predicted molar refractivity (Wildman–Crippen MR) is 72.2 cm³/mol. The highest BCUT2D eigenvalue weighted by atomic mass is 79.9. The van der Waals surface area contributed by atoms with E-state index >= 15 is 0 Å². The van der Waals surface area contributed by atoms with Gasteiger partial charge in [0.1, 0.15) is 6.10 Å². The minimum atomic E-state index is -3.49. The summed E-state index contributed by atoms with van der Waals surface area (Å²) < 4.78 is 28.4. The summed E-state index contributed by atoms with van der Waals surface area (Å²) in [4.78, 5) is 0. The maximum atomic E-state index is 11.2. The summed E-state index contributed by atoms with van der Waals surface area (Å²) in [6.07, 6.45) is 1.01. The maximum absolute atomic E-state index is 11.2. The van der Waals surface area contributed by atoms with E-state index < -0.39 is 16.2 Å². The van der Waals surface area contributed by atoms with E-state index in [0.29, 0.717) is 6.42 Å². The van der Waals surface area contributed by atoms with Crippen molar-refractivity contribution in [2.75, 3.05) is 6.26 Å². The first-order valence-corrected chi connectivity index (χ1v) is 7.67. The Hall–Kier alpha value is -0.650. The van der Waals surface area contributed by atoms with Gasteiger partial charge in [-0.25, -0.2) is 0 Å². The normalized spacial score (nSPS) is 13.4. The first kappa shape index (κ1) is 14.4. The number of hydrogen-bond acceptors (Lipinski definition) is 3. The molecule has 3 nitrogen and oxygen atoms in total. The van der Waals surface area contributed by atoms with Gasteiger partial charge in [-0.3, -0.25) is 4.18 Å². The van der Waals surface area contributed by atoms with Crippen LogP contribution in [-0.4, -0.2) is 14.7 Å². The zero-order chi connectivity index (χ0) is 13.1. The summed E-state index contributed by atoms with van der Waals surface area (Å²) in [6, 6.07) is 7.40. The maximum Gasteiger partial charge on any atom is 0.264 e. The Morgan fingerprint density at radius 2 is 2.18 bits per heavy atom. The van der Waals surface area contributed by atoms with Gasteiger partial charge in [0, 0.05) is 4.47 Å². The van der Waals surface area contributed by atoms with Crippen molar-refractivity contribution in [1.29, 1.82) is 0 Å². The van der Waals surface area contributed by atoms with Crippen LogP contribution in [0.3, 0.4) is 0 Å². The van der Waals surface area contributed by atoms with E-state index in [-0.39, 0.29) is 0 Å². The minimum absolute atomic E-state index is 0.476. The SMILES string of the molecule is C=C(C)CC(OS(C)(=O)=O)c1cccc(Br)c1. The van der Waals surface area contributed by atoms with Crippen molar-refractivity contribution >= 4 is 26.0 Å². The van der Waals surface area contributed by atoms with E-state index in [9.17, 15) is 8.42 Å². The quantitative estimate of drug-likeness (QED) is 0.617. The van der Waals surface area contributed by atoms with Crippen molar-refractivity contribution in [3.8, 4) is 0 Å². The van der Waals surface area contributed by atoms with Gasteiger partial charge in [-0.1, -0.05) is 33.6 Å². The van der Waals surface area contributed by atoms with Crippen LogP contribution in [0.5, 0.6) is 0 Å².